The summed E-state index contributed by atoms with van der Waals surface area (Å²) in [6.07, 6.45) is 0.957. The van der Waals surface area contributed by atoms with Gasteiger partial charge in [-0.2, -0.15) is 0 Å². The number of hydrogen-bond acceptors (Lipinski definition) is 2. The zero-order chi connectivity index (χ0) is 20.6. The maximum Gasteiger partial charge on any atom is 0.238 e. The number of anilines is 1. The Bertz CT molecular complexity index is 1220. The van der Waals surface area contributed by atoms with Crippen LogP contribution in [0.25, 0.3) is 0 Å². The highest BCUT2D eigenvalue weighted by Crippen LogP contribution is 2.61. The summed E-state index contributed by atoms with van der Waals surface area (Å²) in [5, 5.41) is 0. The highest BCUT2D eigenvalue weighted by Gasteiger charge is 2.61. The summed E-state index contributed by atoms with van der Waals surface area (Å²) in [4.78, 5) is 28.8. The quantitative estimate of drug-likeness (QED) is 0.482. The number of imide groups is 1. The molecule has 4 heteroatoms. The van der Waals surface area contributed by atoms with Crippen molar-refractivity contribution in [2.75, 3.05) is 4.90 Å². The second-order valence-electron chi connectivity index (χ2n) is 8.44. The third-order valence-electron chi connectivity index (χ3n) is 7.10. The number of amides is 2. The van der Waals surface area contributed by atoms with Crippen molar-refractivity contribution in [2.24, 2.45) is 11.8 Å². The van der Waals surface area contributed by atoms with Crippen molar-refractivity contribution < 1.29 is 9.59 Å². The molecule has 2 amide bonds. The van der Waals surface area contributed by atoms with Gasteiger partial charge in [-0.25, -0.2) is 4.90 Å². The van der Waals surface area contributed by atoms with E-state index in [1.54, 1.807) is 0 Å². The topological polar surface area (TPSA) is 37.4 Å². The smallest absolute Gasteiger partial charge is 0.238 e. The number of benzene rings is 3. The van der Waals surface area contributed by atoms with Crippen molar-refractivity contribution in [3.63, 3.8) is 0 Å². The molecule has 3 aromatic rings. The first-order valence-corrected chi connectivity index (χ1v) is 11.2. The van der Waals surface area contributed by atoms with Crippen molar-refractivity contribution in [1.29, 1.82) is 0 Å². The summed E-state index contributed by atoms with van der Waals surface area (Å²) in [5.74, 6) is -0.920. The molecule has 0 unspecified atom stereocenters. The van der Waals surface area contributed by atoms with Crippen LogP contribution in [-0.2, 0) is 16.0 Å². The van der Waals surface area contributed by atoms with Gasteiger partial charge in [0.15, 0.2) is 0 Å². The van der Waals surface area contributed by atoms with Crippen LogP contribution in [-0.4, -0.2) is 11.8 Å². The lowest BCUT2D eigenvalue weighted by Crippen LogP contribution is -2.41. The molecular formula is C26H20BrNO2. The van der Waals surface area contributed by atoms with Crippen LogP contribution in [0.5, 0.6) is 0 Å². The van der Waals surface area contributed by atoms with Crippen LogP contribution in [0, 0.1) is 11.8 Å². The third kappa shape index (κ3) is 2.26. The Morgan fingerprint density at radius 2 is 1.33 bits per heavy atom. The number of halogens is 1. The molecule has 2 bridgehead atoms. The van der Waals surface area contributed by atoms with Gasteiger partial charge in [0, 0.05) is 16.3 Å². The molecule has 3 aliphatic carbocycles. The van der Waals surface area contributed by atoms with E-state index in [1.807, 2.05) is 36.4 Å². The number of carbonyl (C=O) groups excluding carboxylic acids is 2. The maximum absolute atomic E-state index is 13.7. The van der Waals surface area contributed by atoms with E-state index in [0.29, 0.717) is 5.69 Å². The molecule has 30 heavy (non-hydrogen) atoms. The van der Waals surface area contributed by atoms with Gasteiger partial charge in [0.25, 0.3) is 0 Å². The fourth-order valence-electron chi connectivity index (χ4n) is 5.84. The van der Waals surface area contributed by atoms with Gasteiger partial charge in [-0.3, -0.25) is 9.59 Å². The molecule has 0 saturated carbocycles. The fraction of sp³-hybridized carbons (Fsp3) is 0.231. The first-order chi connectivity index (χ1) is 14.6. The SMILES string of the molecule is CCc1ccc2c(c1)[C@@H]1c3ccccc3[C@@H]2[C@@H]2C(=O)N(c3ccc(Br)cc3)C(=O)[C@H]12. The highest BCUT2D eigenvalue weighted by molar-refractivity contribution is 9.10. The zero-order valence-electron chi connectivity index (χ0n) is 16.5. The minimum absolute atomic E-state index is 0.0606. The van der Waals surface area contributed by atoms with Crippen molar-refractivity contribution in [3.05, 3.63) is 99.0 Å². The predicted octanol–water partition coefficient (Wildman–Crippen LogP) is 5.41. The lowest BCUT2D eigenvalue weighted by Gasteiger charge is -2.46. The van der Waals surface area contributed by atoms with E-state index in [0.717, 1.165) is 10.9 Å². The number of hydrogen-bond donors (Lipinski definition) is 0. The van der Waals surface area contributed by atoms with E-state index >= 15 is 0 Å². The summed E-state index contributed by atoms with van der Waals surface area (Å²) in [7, 11) is 0. The Labute approximate surface area is 183 Å². The second kappa shape index (κ2) is 6.39. The molecule has 1 fully saturated rings. The molecule has 4 atom stereocenters. The number of rotatable bonds is 2. The Hall–Kier alpha value is -2.72. The Morgan fingerprint density at radius 3 is 1.93 bits per heavy atom. The molecule has 3 nitrogen and oxygen atoms in total. The van der Waals surface area contributed by atoms with Gasteiger partial charge < -0.3 is 0 Å². The van der Waals surface area contributed by atoms with Gasteiger partial charge in [-0.1, -0.05) is 65.3 Å². The third-order valence-corrected chi connectivity index (χ3v) is 7.63. The number of aryl methyl sites for hydroxylation is 1. The van der Waals surface area contributed by atoms with Crippen molar-refractivity contribution in [2.45, 2.75) is 25.2 Å². The van der Waals surface area contributed by atoms with Gasteiger partial charge >= 0.3 is 0 Å². The number of carbonyl (C=O) groups is 2. The first-order valence-electron chi connectivity index (χ1n) is 10.4. The Balaban J connectivity index is 1.56. The molecule has 0 spiro atoms. The maximum atomic E-state index is 13.7. The monoisotopic (exact) mass is 457 g/mol. The molecule has 1 saturated heterocycles. The van der Waals surface area contributed by atoms with Crippen LogP contribution in [0.3, 0.4) is 0 Å². The second-order valence-corrected chi connectivity index (χ2v) is 9.36. The van der Waals surface area contributed by atoms with Crippen LogP contribution in [0.1, 0.15) is 46.6 Å². The van der Waals surface area contributed by atoms with Gasteiger partial charge in [0.1, 0.15) is 0 Å². The minimum atomic E-state index is -0.333. The van der Waals surface area contributed by atoms with E-state index < -0.39 is 0 Å². The molecule has 0 aromatic heterocycles. The fourth-order valence-corrected chi connectivity index (χ4v) is 6.11. The van der Waals surface area contributed by atoms with Crippen LogP contribution in [0.15, 0.2) is 71.2 Å². The molecule has 148 valence electrons. The minimum Gasteiger partial charge on any atom is -0.274 e. The average Bonchev–Trinajstić information content (AvgIpc) is 3.05. The normalized spacial score (nSPS) is 25.9. The molecule has 7 rings (SSSR count). The summed E-state index contributed by atoms with van der Waals surface area (Å²) in [6, 6.07) is 22.4. The van der Waals surface area contributed by atoms with Gasteiger partial charge in [-0.05, 0) is 58.5 Å². The molecule has 0 N–H and O–H groups in total. The largest absolute Gasteiger partial charge is 0.274 e. The number of nitrogens with zero attached hydrogens (tertiary/aromatic N) is 1. The van der Waals surface area contributed by atoms with E-state index in [1.165, 1.54) is 32.7 Å². The van der Waals surface area contributed by atoms with Gasteiger partial charge in [0.05, 0.1) is 17.5 Å². The van der Waals surface area contributed by atoms with Crippen LogP contribution in [0.2, 0.25) is 0 Å². The summed E-state index contributed by atoms with van der Waals surface area (Å²) in [6.45, 7) is 2.15. The van der Waals surface area contributed by atoms with E-state index in [2.05, 4.69) is 53.2 Å². The van der Waals surface area contributed by atoms with Crippen molar-refractivity contribution in [1.82, 2.24) is 0 Å². The molecular weight excluding hydrogens is 438 g/mol. The Kier molecular flexibility index (Phi) is 3.85. The zero-order valence-corrected chi connectivity index (χ0v) is 18.1. The van der Waals surface area contributed by atoms with E-state index in [4.69, 9.17) is 0 Å². The van der Waals surface area contributed by atoms with Gasteiger partial charge in [-0.15, -0.1) is 0 Å². The van der Waals surface area contributed by atoms with Crippen LogP contribution >= 0.6 is 15.9 Å². The lowest BCUT2D eigenvalue weighted by atomic mass is 9.55. The van der Waals surface area contributed by atoms with E-state index in [-0.39, 0.29) is 35.5 Å². The van der Waals surface area contributed by atoms with Crippen molar-refractivity contribution in [3.8, 4) is 0 Å². The molecule has 4 aliphatic rings. The summed E-state index contributed by atoms with van der Waals surface area (Å²) >= 11 is 3.44. The molecule has 1 aliphatic heterocycles. The Morgan fingerprint density at radius 1 is 0.767 bits per heavy atom. The van der Waals surface area contributed by atoms with Gasteiger partial charge in [0.2, 0.25) is 11.8 Å². The van der Waals surface area contributed by atoms with Crippen LogP contribution < -0.4 is 4.90 Å². The van der Waals surface area contributed by atoms with Crippen molar-refractivity contribution >= 4 is 33.4 Å². The predicted molar refractivity (Wildman–Crippen MR) is 120 cm³/mol. The average molecular weight is 458 g/mol. The molecule has 3 aromatic carbocycles. The highest BCUT2D eigenvalue weighted by atomic mass is 79.9. The summed E-state index contributed by atoms with van der Waals surface area (Å²) in [5.41, 5.74) is 6.80. The summed E-state index contributed by atoms with van der Waals surface area (Å²) < 4.78 is 0.926. The first kappa shape index (κ1) is 18.1. The molecule has 0 radical (unpaired) electrons. The lowest BCUT2D eigenvalue weighted by molar-refractivity contribution is -0.122. The standard InChI is InChI=1S/C26H20BrNO2/c1-2-14-7-12-19-20(13-14)22-18-6-4-3-5-17(18)21(19)23-24(22)26(30)28(25(23)29)16-10-8-15(27)9-11-16/h3-13,21-24H,2H2,1H3/t21-,22-,23-,24+/m0/s1. The van der Waals surface area contributed by atoms with E-state index in [9.17, 15) is 9.59 Å². The molecule has 1 heterocycles. The van der Waals surface area contributed by atoms with Crippen LogP contribution in [0.4, 0.5) is 5.69 Å².